The van der Waals surface area contributed by atoms with Gasteiger partial charge in [-0.15, -0.1) is 0 Å². The predicted octanol–water partition coefficient (Wildman–Crippen LogP) is 3.17. The smallest absolute Gasteiger partial charge is 0.308 e. The van der Waals surface area contributed by atoms with Gasteiger partial charge in [0, 0.05) is 17.7 Å². The van der Waals surface area contributed by atoms with Crippen LogP contribution in [0.5, 0.6) is 0 Å². The van der Waals surface area contributed by atoms with Gasteiger partial charge in [0.2, 0.25) is 5.60 Å². The third-order valence-electron chi connectivity index (χ3n) is 4.57. The number of carboxylic acid groups (broad SMARTS) is 1. The van der Waals surface area contributed by atoms with Crippen LogP contribution in [0.4, 0.5) is 5.69 Å². The Balaban J connectivity index is 1.80. The van der Waals surface area contributed by atoms with Crippen molar-refractivity contribution in [3.63, 3.8) is 0 Å². The molecule has 1 aliphatic heterocycles. The molecule has 1 amide bonds. The normalized spacial score (nSPS) is 18.1. The van der Waals surface area contributed by atoms with E-state index >= 15 is 0 Å². The molecule has 0 fully saturated rings. The number of Topliss-reactive ketones (excluding diaryl/α,β-unsaturated/α-hetero) is 1. The van der Waals surface area contributed by atoms with Gasteiger partial charge in [-0.1, -0.05) is 35.0 Å². The standard InChI is InChI=1S/C21H20N2O5/c1-13-3-5-16(6-4-13)18-11-21(28-23-18,12-19(25)26)20(27)22-17-9-7-15(8-10-17)14(2)24/h3-10H,11-12H2,1-2H3,(H,22,27)(H,25,26). The molecule has 0 aliphatic carbocycles. The van der Waals surface area contributed by atoms with Crippen LogP contribution in [0.3, 0.4) is 0 Å². The second-order valence-corrected chi connectivity index (χ2v) is 6.82. The van der Waals surface area contributed by atoms with E-state index in [4.69, 9.17) is 4.84 Å². The number of rotatable bonds is 6. The summed E-state index contributed by atoms with van der Waals surface area (Å²) in [7, 11) is 0. The van der Waals surface area contributed by atoms with Crippen LogP contribution >= 0.6 is 0 Å². The summed E-state index contributed by atoms with van der Waals surface area (Å²) >= 11 is 0. The van der Waals surface area contributed by atoms with Crippen LogP contribution in [0, 0.1) is 6.92 Å². The molecule has 7 heteroatoms. The Morgan fingerprint density at radius 2 is 1.75 bits per heavy atom. The van der Waals surface area contributed by atoms with Gasteiger partial charge in [-0.3, -0.25) is 14.4 Å². The Kier molecular flexibility index (Phi) is 5.26. The summed E-state index contributed by atoms with van der Waals surface area (Å²) in [6.07, 6.45) is -0.483. The first-order valence-corrected chi connectivity index (χ1v) is 8.75. The summed E-state index contributed by atoms with van der Waals surface area (Å²) in [6, 6.07) is 13.9. The maximum absolute atomic E-state index is 12.9. The molecule has 144 valence electrons. The molecule has 2 aromatic carbocycles. The van der Waals surface area contributed by atoms with E-state index in [0.717, 1.165) is 11.1 Å². The van der Waals surface area contributed by atoms with Crippen molar-refractivity contribution in [3.05, 3.63) is 65.2 Å². The fourth-order valence-corrected chi connectivity index (χ4v) is 2.95. The number of ketones is 1. The molecule has 0 saturated carbocycles. The van der Waals surface area contributed by atoms with Gasteiger partial charge < -0.3 is 15.3 Å². The summed E-state index contributed by atoms with van der Waals surface area (Å²) in [5, 5.41) is 16.0. The third kappa shape index (κ3) is 4.09. The predicted molar refractivity (Wildman–Crippen MR) is 103 cm³/mol. The molecule has 0 bridgehead atoms. The van der Waals surface area contributed by atoms with Gasteiger partial charge in [0.05, 0.1) is 12.1 Å². The molecule has 0 saturated heterocycles. The van der Waals surface area contributed by atoms with Crippen molar-refractivity contribution in [2.75, 3.05) is 5.32 Å². The number of carboxylic acids is 1. The van der Waals surface area contributed by atoms with Crippen molar-refractivity contribution in [1.82, 2.24) is 0 Å². The van der Waals surface area contributed by atoms with E-state index in [9.17, 15) is 19.5 Å². The monoisotopic (exact) mass is 380 g/mol. The van der Waals surface area contributed by atoms with E-state index in [-0.39, 0.29) is 12.2 Å². The third-order valence-corrected chi connectivity index (χ3v) is 4.57. The van der Waals surface area contributed by atoms with Gasteiger partial charge in [0.15, 0.2) is 5.78 Å². The molecule has 7 nitrogen and oxygen atoms in total. The van der Waals surface area contributed by atoms with Crippen molar-refractivity contribution in [2.45, 2.75) is 32.3 Å². The van der Waals surface area contributed by atoms with Crippen LogP contribution in [0.1, 0.15) is 41.3 Å². The van der Waals surface area contributed by atoms with Crippen LogP contribution < -0.4 is 5.32 Å². The zero-order chi connectivity index (χ0) is 20.3. The quantitative estimate of drug-likeness (QED) is 0.749. The van der Waals surface area contributed by atoms with Crippen LogP contribution in [0.2, 0.25) is 0 Å². The Bertz CT molecular complexity index is 948. The van der Waals surface area contributed by atoms with Crippen molar-refractivity contribution in [3.8, 4) is 0 Å². The molecule has 28 heavy (non-hydrogen) atoms. The highest BCUT2D eigenvalue weighted by Crippen LogP contribution is 2.32. The highest BCUT2D eigenvalue weighted by atomic mass is 16.7. The number of carbonyl (C=O) groups excluding carboxylic acids is 2. The molecule has 0 spiro atoms. The number of aryl methyl sites for hydroxylation is 1. The molecule has 3 rings (SSSR count). The molecule has 1 heterocycles. The minimum Gasteiger partial charge on any atom is -0.481 e. The number of nitrogens with one attached hydrogen (secondary N) is 1. The maximum atomic E-state index is 12.9. The lowest BCUT2D eigenvalue weighted by Gasteiger charge is -2.23. The number of anilines is 1. The lowest BCUT2D eigenvalue weighted by molar-refractivity contribution is -0.152. The van der Waals surface area contributed by atoms with Gasteiger partial charge in [-0.25, -0.2) is 0 Å². The van der Waals surface area contributed by atoms with E-state index in [0.29, 0.717) is 17.0 Å². The molecular weight excluding hydrogens is 360 g/mol. The lowest BCUT2D eigenvalue weighted by atomic mass is 9.90. The van der Waals surface area contributed by atoms with E-state index in [1.54, 1.807) is 24.3 Å². The van der Waals surface area contributed by atoms with Gasteiger partial charge >= 0.3 is 5.97 Å². The number of aliphatic carboxylic acids is 1. The summed E-state index contributed by atoms with van der Waals surface area (Å²) in [4.78, 5) is 41.0. The van der Waals surface area contributed by atoms with Crippen LogP contribution in [-0.2, 0) is 14.4 Å². The van der Waals surface area contributed by atoms with Gasteiger partial charge in [-0.05, 0) is 43.7 Å². The van der Waals surface area contributed by atoms with Gasteiger partial charge in [0.25, 0.3) is 5.91 Å². The Labute approximate surface area is 162 Å². The summed E-state index contributed by atoms with van der Waals surface area (Å²) < 4.78 is 0. The average Bonchev–Trinajstić information content (AvgIpc) is 3.07. The second-order valence-electron chi connectivity index (χ2n) is 6.82. The van der Waals surface area contributed by atoms with Gasteiger partial charge in [-0.2, -0.15) is 0 Å². The minimum absolute atomic E-state index is 0.0414. The zero-order valence-electron chi connectivity index (χ0n) is 15.6. The van der Waals surface area contributed by atoms with Crippen LogP contribution in [-0.4, -0.2) is 34.1 Å². The highest BCUT2D eigenvalue weighted by molar-refractivity contribution is 6.09. The average molecular weight is 380 g/mol. The molecule has 0 aromatic heterocycles. The number of benzene rings is 2. The fourth-order valence-electron chi connectivity index (χ4n) is 2.95. The van der Waals surface area contributed by atoms with Crippen molar-refractivity contribution < 1.29 is 24.3 Å². The number of nitrogens with zero attached hydrogens (tertiary/aromatic N) is 1. The van der Waals surface area contributed by atoms with Crippen molar-refractivity contribution in [2.24, 2.45) is 5.16 Å². The number of carbonyl (C=O) groups is 3. The Morgan fingerprint density at radius 3 is 2.32 bits per heavy atom. The van der Waals surface area contributed by atoms with Crippen LogP contribution in [0.25, 0.3) is 0 Å². The molecule has 2 aromatic rings. The molecule has 1 aliphatic rings. The molecular formula is C21H20N2O5. The van der Waals surface area contributed by atoms with E-state index in [1.165, 1.54) is 6.92 Å². The second kappa shape index (κ2) is 7.64. The van der Waals surface area contributed by atoms with E-state index in [2.05, 4.69) is 10.5 Å². The largest absolute Gasteiger partial charge is 0.481 e. The first-order valence-electron chi connectivity index (χ1n) is 8.75. The number of hydrogen-bond donors (Lipinski definition) is 2. The Morgan fingerprint density at radius 1 is 1.11 bits per heavy atom. The molecule has 1 unspecified atom stereocenters. The number of oxime groups is 1. The summed E-state index contributed by atoms with van der Waals surface area (Å²) in [5.74, 6) is -1.85. The summed E-state index contributed by atoms with van der Waals surface area (Å²) in [6.45, 7) is 3.40. The highest BCUT2D eigenvalue weighted by Gasteiger charge is 2.48. The van der Waals surface area contributed by atoms with Gasteiger partial charge in [0.1, 0.15) is 0 Å². The molecule has 2 N–H and O–H groups in total. The maximum Gasteiger partial charge on any atom is 0.308 e. The van der Waals surface area contributed by atoms with E-state index < -0.39 is 23.9 Å². The summed E-state index contributed by atoms with van der Waals surface area (Å²) in [5.41, 5.74) is 1.69. The van der Waals surface area contributed by atoms with E-state index in [1.807, 2.05) is 31.2 Å². The minimum atomic E-state index is -1.63. The molecule has 0 radical (unpaired) electrons. The molecule has 1 atom stereocenters. The number of hydrogen-bond acceptors (Lipinski definition) is 5. The Hall–Kier alpha value is -3.48. The van der Waals surface area contributed by atoms with Crippen molar-refractivity contribution in [1.29, 1.82) is 0 Å². The van der Waals surface area contributed by atoms with Crippen LogP contribution in [0.15, 0.2) is 53.7 Å². The topological polar surface area (TPSA) is 105 Å². The number of amides is 1. The SMILES string of the molecule is CC(=O)c1ccc(NC(=O)C2(CC(=O)O)CC(c3ccc(C)cc3)=NO2)cc1. The lowest BCUT2D eigenvalue weighted by Crippen LogP contribution is -2.45. The first kappa shape index (κ1) is 19.3. The van der Waals surface area contributed by atoms with Crippen molar-refractivity contribution >= 4 is 29.1 Å². The fraction of sp³-hybridized carbons (Fsp3) is 0.238. The first-order chi connectivity index (χ1) is 13.3. The zero-order valence-corrected chi connectivity index (χ0v) is 15.6.